The molecule has 1 saturated carbocycles. The van der Waals surface area contributed by atoms with Gasteiger partial charge < -0.3 is 29.9 Å². The fourth-order valence-electron chi connectivity index (χ4n) is 4.79. The number of rotatable bonds is 12. The van der Waals surface area contributed by atoms with Gasteiger partial charge in [0.05, 0.1) is 42.3 Å². The Morgan fingerprint density at radius 1 is 1.10 bits per heavy atom. The number of nitrogens with one attached hydrogen (secondary N) is 2. The van der Waals surface area contributed by atoms with Gasteiger partial charge in [0.2, 0.25) is 11.9 Å². The maximum absolute atomic E-state index is 12.4. The van der Waals surface area contributed by atoms with Crippen molar-refractivity contribution in [3.63, 3.8) is 0 Å². The number of aryl methyl sites for hydroxylation is 1. The zero-order valence-electron chi connectivity index (χ0n) is 25.1. The molecule has 11 nitrogen and oxygen atoms in total. The number of amides is 1. The van der Waals surface area contributed by atoms with Gasteiger partial charge in [-0.25, -0.2) is 9.97 Å². The first-order valence-corrected chi connectivity index (χ1v) is 13.9. The van der Waals surface area contributed by atoms with Crippen LogP contribution in [0.1, 0.15) is 30.1 Å². The Balaban J connectivity index is 1.55. The van der Waals surface area contributed by atoms with Gasteiger partial charge in [0.25, 0.3) is 0 Å². The molecule has 4 aromatic rings. The Kier molecular flexibility index (Phi) is 8.30. The molecular weight excluding hydrogens is 532 g/mol. The first-order valence-electron chi connectivity index (χ1n) is 13.9. The molecule has 220 valence electrons. The van der Waals surface area contributed by atoms with Crippen molar-refractivity contribution >= 4 is 40.0 Å². The van der Waals surface area contributed by atoms with Crippen LogP contribution in [-0.2, 0) is 4.79 Å². The third kappa shape index (κ3) is 6.01. The fraction of sp³-hybridized carbons (Fsp3) is 0.355. The summed E-state index contributed by atoms with van der Waals surface area (Å²) in [5.41, 5.74) is 4.78. The normalized spacial score (nSPS) is 12.8. The van der Waals surface area contributed by atoms with Crippen molar-refractivity contribution in [1.29, 1.82) is 0 Å². The number of carbonyl (C=O) groups is 1. The maximum atomic E-state index is 12.4. The second-order valence-corrected chi connectivity index (χ2v) is 10.7. The van der Waals surface area contributed by atoms with Crippen LogP contribution in [0.15, 0.2) is 49.2 Å². The molecule has 0 saturated heterocycles. The lowest BCUT2D eigenvalue weighted by Gasteiger charge is -2.26. The number of ether oxygens (including phenoxy) is 2. The van der Waals surface area contributed by atoms with E-state index in [-0.39, 0.29) is 5.91 Å². The molecule has 0 aliphatic heterocycles. The third-order valence-corrected chi connectivity index (χ3v) is 7.29. The van der Waals surface area contributed by atoms with Gasteiger partial charge in [-0.3, -0.25) is 9.36 Å². The van der Waals surface area contributed by atoms with E-state index in [4.69, 9.17) is 19.4 Å². The zero-order chi connectivity index (χ0) is 30.0. The van der Waals surface area contributed by atoms with Gasteiger partial charge in [-0.05, 0) is 58.1 Å². The predicted molar refractivity (Wildman–Crippen MR) is 167 cm³/mol. The summed E-state index contributed by atoms with van der Waals surface area (Å²) in [6.45, 7) is 7.19. The Labute approximate surface area is 246 Å². The van der Waals surface area contributed by atoms with E-state index in [0.29, 0.717) is 29.0 Å². The van der Waals surface area contributed by atoms with E-state index < -0.39 is 0 Å². The number of hydrogen-bond donors (Lipinski definition) is 2. The molecular formula is C31H38N8O3. The molecule has 2 aromatic carbocycles. The number of methoxy groups -OCH3 is 2. The second-order valence-electron chi connectivity index (χ2n) is 10.7. The van der Waals surface area contributed by atoms with Crippen molar-refractivity contribution in [2.45, 2.75) is 25.7 Å². The number of nitrogens with zero attached hydrogens (tertiary/aromatic N) is 6. The van der Waals surface area contributed by atoms with E-state index in [1.807, 2.05) is 58.4 Å². The first kappa shape index (κ1) is 28.9. The van der Waals surface area contributed by atoms with Gasteiger partial charge in [0.15, 0.2) is 0 Å². The van der Waals surface area contributed by atoms with Crippen molar-refractivity contribution in [2.24, 2.45) is 0 Å². The van der Waals surface area contributed by atoms with Crippen LogP contribution >= 0.6 is 0 Å². The average Bonchev–Trinajstić information content (AvgIpc) is 3.76. The molecule has 1 aliphatic rings. The van der Waals surface area contributed by atoms with Gasteiger partial charge >= 0.3 is 0 Å². The van der Waals surface area contributed by atoms with Crippen molar-refractivity contribution in [2.75, 3.05) is 64.0 Å². The van der Waals surface area contributed by atoms with Crippen LogP contribution in [0.25, 0.3) is 16.9 Å². The third-order valence-electron chi connectivity index (χ3n) is 7.29. The highest BCUT2D eigenvalue weighted by atomic mass is 16.5. The molecule has 1 amide bonds. The number of hydrogen-bond acceptors (Lipinski definition) is 9. The highest BCUT2D eigenvalue weighted by molar-refractivity contribution is 6.02. The Morgan fingerprint density at radius 3 is 2.55 bits per heavy atom. The quantitative estimate of drug-likeness (QED) is 0.230. The fourth-order valence-corrected chi connectivity index (χ4v) is 4.79. The van der Waals surface area contributed by atoms with Crippen LogP contribution in [0.4, 0.5) is 23.0 Å². The van der Waals surface area contributed by atoms with Gasteiger partial charge in [-0.2, -0.15) is 4.98 Å². The molecule has 0 bridgehead atoms. The molecule has 5 rings (SSSR count). The number of fused-ring (bicyclic) bond motifs is 1. The van der Waals surface area contributed by atoms with E-state index in [9.17, 15) is 4.79 Å². The molecule has 0 spiro atoms. The van der Waals surface area contributed by atoms with Crippen LogP contribution in [0.3, 0.4) is 0 Å². The second kappa shape index (κ2) is 12.1. The van der Waals surface area contributed by atoms with Crippen LogP contribution < -0.4 is 25.0 Å². The minimum atomic E-state index is -0.307. The summed E-state index contributed by atoms with van der Waals surface area (Å²) in [5, 5.41) is 6.26. The minimum Gasteiger partial charge on any atom is -0.497 e. The number of imidazole rings is 1. The first-order chi connectivity index (χ1) is 20.2. The van der Waals surface area contributed by atoms with Crippen LogP contribution in [0, 0.1) is 6.92 Å². The monoisotopic (exact) mass is 570 g/mol. The number of carbonyl (C=O) groups excluding carboxylic acids is 1. The molecule has 0 atom stereocenters. The lowest BCUT2D eigenvalue weighted by Crippen LogP contribution is -2.29. The van der Waals surface area contributed by atoms with Gasteiger partial charge in [0, 0.05) is 49.9 Å². The summed E-state index contributed by atoms with van der Waals surface area (Å²) in [7, 11) is 9.29. The molecule has 1 fully saturated rings. The molecule has 1 aliphatic carbocycles. The van der Waals surface area contributed by atoms with Gasteiger partial charge in [0.1, 0.15) is 23.1 Å². The Bertz CT molecular complexity index is 1630. The molecule has 0 radical (unpaired) electrons. The molecule has 42 heavy (non-hydrogen) atoms. The van der Waals surface area contributed by atoms with Crippen molar-refractivity contribution < 1.29 is 14.3 Å². The number of benzene rings is 2. The average molecular weight is 571 g/mol. The van der Waals surface area contributed by atoms with Gasteiger partial charge in [-0.15, -0.1) is 0 Å². The lowest BCUT2D eigenvalue weighted by molar-refractivity contribution is -0.111. The zero-order valence-corrected chi connectivity index (χ0v) is 25.1. The van der Waals surface area contributed by atoms with Crippen LogP contribution in [0.5, 0.6) is 11.5 Å². The summed E-state index contributed by atoms with van der Waals surface area (Å²) in [5.74, 6) is 3.56. The molecule has 2 N–H and O–H groups in total. The smallest absolute Gasteiger partial charge is 0.247 e. The molecule has 2 heterocycles. The summed E-state index contributed by atoms with van der Waals surface area (Å²) < 4.78 is 13.3. The number of aromatic nitrogens is 4. The number of anilines is 4. The van der Waals surface area contributed by atoms with Crippen LogP contribution in [0.2, 0.25) is 0 Å². The van der Waals surface area contributed by atoms with E-state index >= 15 is 0 Å². The van der Waals surface area contributed by atoms with E-state index in [2.05, 4.69) is 36.6 Å². The van der Waals surface area contributed by atoms with E-state index in [1.165, 1.54) is 6.08 Å². The SMILES string of the molecule is C=CC(=O)Nc1cc(Nc2ncc(C)c(-n3c(C4CC4)nc4cc(OC)ccc43)n2)c(OC)cc1N(C)CCN(C)C. The highest BCUT2D eigenvalue weighted by Gasteiger charge is 2.31. The summed E-state index contributed by atoms with van der Waals surface area (Å²) >= 11 is 0. The van der Waals surface area contributed by atoms with E-state index in [0.717, 1.165) is 65.6 Å². The molecule has 11 heteroatoms. The maximum Gasteiger partial charge on any atom is 0.247 e. The standard InChI is InChI=1S/C31H38N8O3/c1-8-28(40)33-23-16-24(27(42-7)17-26(23)38(5)14-13-37(3)4)35-31-32-18-19(2)29(36-31)39-25-12-11-21(41-6)15-22(25)34-30(39)20-9-10-20/h8,11-12,15-18,20H,1,9-10,13-14H2,2-7H3,(H,33,40)(H,32,35,36). The Hall–Kier alpha value is -4.64. The topological polar surface area (TPSA) is 110 Å². The molecule has 2 aromatic heterocycles. The predicted octanol–water partition coefficient (Wildman–Crippen LogP) is 4.88. The van der Waals surface area contributed by atoms with E-state index in [1.54, 1.807) is 20.4 Å². The van der Waals surface area contributed by atoms with Gasteiger partial charge in [-0.1, -0.05) is 6.58 Å². The number of likely N-dealkylation sites (N-methyl/N-ethyl adjacent to an activating group) is 2. The summed E-state index contributed by atoms with van der Waals surface area (Å²) in [6.07, 6.45) is 5.24. The lowest BCUT2D eigenvalue weighted by atomic mass is 10.2. The molecule has 0 unspecified atom stereocenters. The minimum absolute atomic E-state index is 0.307. The van der Waals surface area contributed by atoms with Crippen LogP contribution in [-0.4, -0.2) is 78.8 Å². The summed E-state index contributed by atoms with van der Waals surface area (Å²) in [4.78, 5) is 31.0. The highest BCUT2D eigenvalue weighted by Crippen LogP contribution is 2.43. The largest absolute Gasteiger partial charge is 0.497 e. The van der Waals surface area contributed by atoms with Crippen molar-refractivity contribution in [1.82, 2.24) is 24.4 Å². The Morgan fingerprint density at radius 2 is 1.88 bits per heavy atom. The van der Waals surface area contributed by atoms with Crippen molar-refractivity contribution in [3.05, 3.63) is 60.6 Å². The van der Waals surface area contributed by atoms with Crippen molar-refractivity contribution in [3.8, 4) is 17.3 Å². The summed E-state index contributed by atoms with van der Waals surface area (Å²) in [6, 6.07) is 9.64.